The van der Waals surface area contributed by atoms with Gasteiger partial charge in [0.05, 0.1) is 13.1 Å². The molecule has 1 atom stereocenters. The van der Waals surface area contributed by atoms with Crippen molar-refractivity contribution in [2.45, 2.75) is 33.0 Å². The second-order valence-corrected chi connectivity index (χ2v) is 8.79. The van der Waals surface area contributed by atoms with Gasteiger partial charge in [-0.1, -0.05) is 48.5 Å². The van der Waals surface area contributed by atoms with E-state index in [-0.39, 0.29) is 11.2 Å². The molecule has 0 radical (unpaired) electrons. The Morgan fingerprint density at radius 1 is 0.969 bits per heavy atom. The van der Waals surface area contributed by atoms with E-state index < -0.39 is 0 Å². The standard InChI is InChI=1S/C25H27N5O2/c1-17-8-4-5-10-19(17)15-30-21(16-29-13-12-18-9-6-7-11-20(18)14-29)26-23-22(30)24(31)28(3)25(32)27(23)2/h4-11H,12-16H2,1-3H3/p+1. The van der Waals surface area contributed by atoms with Crippen LogP contribution in [0.3, 0.4) is 0 Å². The highest BCUT2D eigenvalue weighted by molar-refractivity contribution is 5.71. The highest BCUT2D eigenvalue weighted by Crippen LogP contribution is 2.17. The number of nitrogens with one attached hydrogen (secondary N) is 1. The summed E-state index contributed by atoms with van der Waals surface area (Å²) in [5.74, 6) is 0.843. The van der Waals surface area contributed by atoms with E-state index in [4.69, 9.17) is 4.98 Å². The Labute approximate surface area is 186 Å². The lowest BCUT2D eigenvalue weighted by molar-refractivity contribution is -0.930. The van der Waals surface area contributed by atoms with Gasteiger partial charge in [0.25, 0.3) is 5.56 Å². The third kappa shape index (κ3) is 3.39. The Bertz CT molecular complexity index is 1440. The summed E-state index contributed by atoms with van der Waals surface area (Å²) in [6.45, 7) is 5.28. The van der Waals surface area contributed by atoms with Gasteiger partial charge in [0.15, 0.2) is 17.0 Å². The second kappa shape index (κ2) is 7.91. The van der Waals surface area contributed by atoms with Gasteiger partial charge in [0, 0.05) is 26.1 Å². The molecule has 1 unspecified atom stereocenters. The lowest BCUT2D eigenvalue weighted by Crippen LogP contribution is -3.10. The summed E-state index contributed by atoms with van der Waals surface area (Å²) in [7, 11) is 3.21. The first-order valence-corrected chi connectivity index (χ1v) is 11.0. The first-order chi connectivity index (χ1) is 15.4. The molecule has 0 spiro atoms. The van der Waals surface area contributed by atoms with Crippen molar-refractivity contribution in [3.05, 3.63) is 97.4 Å². The van der Waals surface area contributed by atoms with Crippen molar-refractivity contribution < 1.29 is 4.90 Å². The summed E-state index contributed by atoms with van der Waals surface area (Å²) in [5, 5.41) is 0. The maximum atomic E-state index is 13.1. The second-order valence-electron chi connectivity index (χ2n) is 8.79. The monoisotopic (exact) mass is 430 g/mol. The van der Waals surface area contributed by atoms with Crippen LogP contribution >= 0.6 is 0 Å². The van der Waals surface area contributed by atoms with Crippen LogP contribution < -0.4 is 16.1 Å². The van der Waals surface area contributed by atoms with Crippen LogP contribution in [0, 0.1) is 6.92 Å². The van der Waals surface area contributed by atoms with Gasteiger partial charge in [-0.15, -0.1) is 0 Å². The van der Waals surface area contributed by atoms with Gasteiger partial charge in [0.1, 0.15) is 13.1 Å². The van der Waals surface area contributed by atoms with Crippen molar-refractivity contribution in [1.29, 1.82) is 0 Å². The Kier molecular flexibility index (Phi) is 5.06. The summed E-state index contributed by atoms with van der Waals surface area (Å²) in [6.07, 6.45) is 1.03. The van der Waals surface area contributed by atoms with Crippen LogP contribution in [-0.2, 0) is 40.2 Å². The fourth-order valence-corrected chi connectivity index (χ4v) is 4.77. The van der Waals surface area contributed by atoms with E-state index in [2.05, 4.69) is 43.3 Å². The van der Waals surface area contributed by atoms with Crippen LogP contribution in [0.1, 0.15) is 28.1 Å². The lowest BCUT2D eigenvalue weighted by atomic mass is 10.00. The number of hydrogen-bond acceptors (Lipinski definition) is 3. The highest BCUT2D eigenvalue weighted by Gasteiger charge is 2.25. The largest absolute Gasteiger partial charge is 0.332 e. The predicted molar refractivity (Wildman–Crippen MR) is 124 cm³/mol. The molecule has 1 N–H and O–H groups in total. The van der Waals surface area contributed by atoms with E-state index in [0.717, 1.165) is 30.9 Å². The SMILES string of the molecule is Cc1ccccc1Cn1c(C[NH+]2CCc3ccccc3C2)nc2c1c(=O)n(C)c(=O)n2C. The van der Waals surface area contributed by atoms with E-state index in [1.54, 1.807) is 7.05 Å². The maximum absolute atomic E-state index is 13.1. The molecule has 2 aromatic carbocycles. The van der Waals surface area contributed by atoms with Gasteiger partial charge >= 0.3 is 5.69 Å². The number of hydrogen-bond donors (Lipinski definition) is 1. The first kappa shape index (κ1) is 20.5. The van der Waals surface area contributed by atoms with E-state index in [1.807, 2.05) is 16.7 Å². The first-order valence-electron chi connectivity index (χ1n) is 11.0. The molecule has 32 heavy (non-hydrogen) atoms. The Hall–Kier alpha value is -3.45. The number of aromatic nitrogens is 4. The smallest absolute Gasteiger partial charge is 0.325 e. The van der Waals surface area contributed by atoms with Crippen LogP contribution in [0.25, 0.3) is 11.2 Å². The van der Waals surface area contributed by atoms with Gasteiger partial charge in [-0.05, 0) is 23.6 Å². The number of aryl methyl sites for hydroxylation is 2. The molecule has 0 saturated carbocycles. The topological polar surface area (TPSA) is 66.3 Å². The quantitative estimate of drug-likeness (QED) is 0.524. The van der Waals surface area contributed by atoms with E-state index in [0.29, 0.717) is 24.3 Å². The molecule has 0 saturated heterocycles. The Balaban J connectivity index is 1.62. The molecular weight excluding hydrogens is 402 g/mol. The van der Waals surface area contributed by atoms with Gasteiger partial charge in [-0.2, -0.15) is 0 Å². The van der Waals surface area contributed by atoms with Crippen LogP contribution in [-0.4, -0.2) is 25.2 Å². The number of rotatable bonds is 4. The minimum Gasteiger partial charge on any atom is -0.325 e. The number of imidazole rings is 1. The molecular formula is C25H28N5O2+. The third-order valence-corrected chi connectivity index (χ3v) is 6.73. The van der Waals surface area contributed by atoms with E-state index >= 15 is 0 Å². The highest BCUT2D eigenvalue weighted by atomic mass is 16.2. The zero-order valence-corrected chi connectivity index (χ0v) is 18.8. The molecule has 1 aliphatic heterocycles. The van der Waals surface area contributed by atoms with Gasteiger partial charge in [0.2, 0.25) is 0 Å². The van der Waals surface area contributed by atoms with E-state index in [1.165, 1.54) is 37.8 Å². The summed E-state index contributed by atoms with van der Waals surface area (Å²) in [6, 6.07) is 16.8. The number of fused-ring (bicyclic) bond motifs is 2. The predicted octanol–water partition coefficient (Wildman–Crippen LogP) is 0.932. The van der Waals surface area contributed by atoms with Crippen molar-refractivity contribution >= 4 is 11.2 Å². The van der Waals surface area contributed by atoms with Crippen molar-refractivity contribution in [2.24, 2.45) is 14.1 Å². The van der Waals surface area contributed by atoms with Crippen molar-refractivity contribution in [2.75, 3.05) is 6.54 Å². The van der Waals surface area contributed by atoms with Gasteiger partial charge in [-0.25, -0.2) is 9.78 Å². The average Bonchev–Trinajstić information content (AvgIpc) is 3.15. The number of benzene rings is 2. The fraction of sp³-hybridized carbons (Fsp3) is 0.320. The molecule has 1 aliphatic rings. The summed E-state index contributed by atoms with van der Waals surface area (Å²) < 4.78 is 4.68. The lowest BCUT2D eigenvalue weighted by Gasteiger charge is -2.25. The molecule has 5 rings (SSSR count). The minimum absolute atomic E-state index is 0.297. The normalized spacial score (nSPS) is 15.8. The number of nitrogens with zero attached hydrogens (tertiary/aromatic N) is 4. The summed E-state index contributed by atoms with van der Waals surface area (Å²) >= 11 is 0. The van der Waals surface area contributed by atoms with Crippen molar-refractivity contribution in [3.63, 3.8) is 0 Å². The number of quaternary nitrogens is 1. The average molecular weight is 431 g/mol. The third-order valence-electron chi connectivity index (χ3n) is 6.73. The molecule has 0 aliphatic carbocycles. The van der Waals surface area contributed by atoms with Crippen molar-refractivity contribution in [1.82, 2.24) is 18.7 Å². The zero-order valence-electron chi connectivity index (χ0n) is 18.8. The Morgan fingerprint density at radius 2 is 1.69 bits per heavy atom. The van der Waals surface area contributed by atoms with Crippen LogP contribution in [0.4, 0.5) is 0 Å². The van der Waals surface area contributed by atoms with Crippen LogP contribution in [0.2, 0.25) is 0 Å². The van der Waals surface area contributed by atoms with Crippen molar-refractivity contribution in [3.8, 4) is 0 Å². The Morgan fingerprint density at radius 3 is 2.47 bits per heavy atom. The molecule has 0 bridgehead atoms. The van der Waals surface area contributed by atoms with Gasteiger partial charge in [-0.3, -0.25) is 13.9 Å². The van der Waals surface area contributed by atoms with Crippen LogP contribution in [0.15, 0.2) is 58.1 Å². The molecule has 3 heterocycles. The molecule has 0 fully saturated rings. The summed E-state index contributed by atoms with van der Waals surface area (Å²) in [5.41, 5.74) is 5.40. The molecule has 4 aromatic rings. The van der Waals surface area contributed by atoms with Gasteiger partial charge < -0.3 is 9.47 Å². The molecule has 2 aromatic heterocycles. The fourth-order valence-electron chi connectivity index (χ4n) is 4.77. The molecule has 7 heteroatoms. The van der Waals surface area contributed by atoms with Crippen LogP contribution in [0.5, 0.6) is 0 Å². The minimum atomic E-state index is -0.353. The summed E-state index contributed by atoms with van der Waals surface area (Å²) in [4.78, 5) is 31.9. The maximum Gasteiger partial charge on any atom is 0.332 e. The molecule has 0 amide bonds. The molecule has 164 valence electrons. The molecule has 7 nitrogen and oxygen atoms in total. The van der Waals surface area contributed by atoms with E-state index in [9.17, 15) is 9.59 Å². The zero-order chi connectivity index (χ0) is 22.4.